The van der Waals surface area contributed by atoms with E-state index in [1.807, 2.05) is 17.5 Å². The molecule has 3 heterocycles. The van der Waals surface area contributed by atoms with E-state index in [2.05, 4.69) is 5.10 Å². The summed E-state index contributed by atoms with van der Waals surface area (Å²) in [5, 5.41) is 8.02. The van der Waals surface area contributed by atoms with Crippen molar-refractivity contribution < 1.29 is 18.7 Å². The second kappa shape index (κ2) is 8.78. The van der Waals surface area contributed by atoms with Gasteiger partial charge in [-0.1, -0.05) is 24.3 Å². The highest BCUT2D eigenvalue weighted by Gasteiger charge is 2.34. The molecule has 0 unspecified atom stereocenters. The van der Waals surface area contributed by atoms with Crippen LogP contribution in [0.4, 0.5) is 4.39 Å². The molecule has 2 aliphatic heterocycles. The van der Waals surface area contributed by atoms with E-state index < -0.39 is 0 Å². The summed E-state index contributed by atoms with van der Waals surface area (Å²) in [6, 6.07) is 15.1. The Kier molecular flexibility index (Phi) is 5.68. The summed E-state index contributed by atoms with van der Waals surface area (Å²) in [4.78, 5) is 28.3. The predicted molar refractivity (Wildman–Crippen MR) is 124 cm³/mol. The Morgan fingerprint density at radius 3 is 2.76 bits per heavy atom. The number of fused-ring (bicyclic) bond motifs is 1. The van der Waals surface area contributed by atoms with Gasteiger partial charge in [-0.2, -0.15) is 5.10 Å². The number of carbonyl (C=O) groups is 2. The fourth-order valence-electron chi connectivity index (χ4n) is 4.23. The van der Waals surface area contributed by atoms with Gasteiger partial charge in [-0.15, -0.1) is 11.3 Å². The largest absolute Gasteiger partial charge is 0.483 e. The van der Waals surface area contributed by atoms with E-state index >= 15 is 0 Å². The molecule has 5 rings (SSSR count). The minimum absolute atomic E-state index is 0.0471. The Balaban J connectivity index is 1.38. The zero-order valence-corrected chi connectivity index (χ0v) is 18.8. The first-order valence-electron chi connectivity index (χ1n) is 10.7. The maximum Gasteiger partial charge on any atom is 0.281 e. The van der Waals surface area contributed by atoms with E-state index in [-0.39, 0.29) is 30.3 Å². The van der Waals surface area contributed by atoms with Crippen molar-refractivity contribution in [2.45, 2.75) is 18.9 Å². The van der Waals surface area contributed by atoms with E-state index in [0.29, 0.717) is 30.7 Å². The zero-order valence-electron chi connectivity index (χ0n) is 18.0. The number of amides is 2. The van der Waals surface area contributed by atoms with Gasteiger partial charge in [0.25, 0.3) is 11.8 Å². The third kappa shape index (κ3) is 4.14. The van der Waals surface area contributed by atoms with Gasteiger partial charge in [0.05, 0.1) is 16.6 Å². The Hall–Kier alpha value is -3.52. The summed E-state index contributed by atoms with van der Waals surface area (Å²) in [6.07, 6.45) is 1.21. The zero-order chi connectivity index (χ0) is 22.9. The van der Waals surface area contributed by atoms with Crippen molar-refractivity contribution in [3.63, 3.8) is 0 Å². The van der Waals surface area contributed by atoms with Gasteiger partial charge in [0, 0.05) is 31.1 Å². The molecule has 168 valence electrons. The highest BCUT2D eigenvalue weighted by molar-refractivity contribution is 7.12. The summed E-state index contributed by atoms with van der Waals surface area (Å²) >= 11 is 1.56. The van der Waals surface area contributed by atoms with Crippen LogP contribution in [0.15, 0.2) is 65.1 Å². The maximum absolute atomic E-state index is 13.5. The number of hydrogen-bond donors (Lipinski definition) is 0. The van der Waals surface area contributed by atoms with E-state index in [0.717, 1.165) is 21.7 Å². The fourth-order valence-corrected chi connectivity index (χ4v) is 4.95. The molecule has 1 aromatic heterocycles. The fraction of sp³-hybridized carbons (Fsp3) is 0.240. The van der Waals surface area contributed by atoms with Crippen LogP contribution in [0.3, 0.4) is 0 Å². The molecule has 0 bridgehead atoms. The molecule has 3 aromatic rings. The standard InChI is InChI=1S/C25H22FN3O3S/c1-28-12-11-18-19(25(28)31)4-2-5-22(18)32-15-24(30)29-21(16-7-9-17(26)10-8-16)14-20(27-29)23-6-3-13-33-23/h2-10,13,21H,11-12,14-15H2,1H3/t21-/m0/s1. The number of hydrazone groups is 1. The molecule has 0 radical (unpaired) electrons. The first-order chi connectivity index (χ1) is 16.0. The van der Waals surface area contributed by atoms with E-state index in [4.69, 9.17) is 4.74 Å². The molecule has 0 fully saturated rings. The van der Waals surface area contributed by atoms with Crippen molar-refractivity contribution in [1.29, 1.82) is 0 Å². The van der Waals surface area contributed by atoms with Gasteiger partial charge < -0.3 is 9.64 Å². The summed E-state index contributed by atoms with van der Waals surface area (Å²) in [5.74, 6) is -0.129. The number of likely N-dealkylation sites (N-methyl/N-ethyl adjacent to an activating group) is 1. The van der Waals surface area contributed by atoms with Gasteiger partial charge in [-0.25, -0.2) is 9.40 Å². The monoisotopic (exact) mass is 463 g/mol. The molecule has 33 heavy (non-hydrogen) atoms. The molecule has 2 amide bonds. The molecule has 1 atom stereocenters. The van der Waals surface area contributed by atoms with Gasteiger partial charge in [0.15, 0.2) is 6.61 Å². The minimum atomic E-state index is -0.335. The lowest BCUT2D eigenvalue weighted by molar-refractivity contribution is -0.135. The number of nitrogens with zero attached hydrogens (tertiary/aromatic N) is 3. The van der Waals surface area contributed by atoms with Crippen LogP contribution >= 0.6 is 11.3 Å². The van der Waals surface area contributed by atoms with Crippen molar-refractivity contribution in [2.75, 3.05) is 20.2 Å². The molecule has 0 saturated carbocycles. The lowest BCUT2D eigenvalue weighted by Crippen LogP contribution is -2.35. The quantitative estimate of drug-likeness (QED) is 0.568. The van der Waals surface area contributed by atoms with Crippen molar-refractivity contribution in [2.24, 2.45) is 5.10 Å². The predicted octanol–water partition coefficient (Wildman–Crippen LogP) is 4.27. The molecule has 0 N–H and O–H groups in total. The molecule has 2 aromatic carbocycles. The first kappa shape index (κ1) is 21.3. The van der Waals surface area contributed by atoms with Crippen LogP contribution < -0.4 is 4.74 Å². The topological polar surface area (TPSA) is 62.2 Å². The van der Waals surface area contributed by atoms with Crippen LogP contribution in [-0.2, 0) is 11.2 Å². The molecule has 0 spiro atoms. The minimum Gasteiger partial charge on any atom is -0.483 e. The highest BCUT2D eigenvalue weighted by atomic mass is 32.1. The molecule has 6 nitrogen and oxygen atoms in total. The smallest absolute Gasteiger partial charge is 0.281 e. The molecule has 8 heteroatoms. The molecule has 2 aliphatic rings. The summed E-state index contributed by atoms with van der Waals surface area (Å²) in [7, 11) is 1.77. The van der Waals surface area contributed by atoms with Crippen LogP contribution in [0.5, 0.6) is 5.75 Å². The van der Waals surface area contributed by atoms with Crippen LogP contribution in [0.1, 0.15) is 38.8 Å². The SMILES string of the molecule is CN1CCc2c(OCC(=O)N3N=C(c4cccs4)C[C@H]3c3ccc(F)cc3)cccc2C1=O. The maximum atomic E-state index is 13.5. The average Bonchev–Trinajstić information content (AvgIpc) is 3.51. The van der Waals surface area contributed by atoms with E-state index in [1.165, 1.54) is 17.1 Å². The van der Waals surface area contributed by atoms with E-state index in [1.54, 1.807) is 53.6 Å². The lowest BCUT2D eigenvalue weighted by atomic mass is 9.98. The second-order valence-corrected chi connectivity index (χ2v) is 9.03. The van der Waals surface area contributed by atoms with Crippen molar-refractivity contribution >= 4 is 28.9 Å². The first-order valence-corrected chi connectivity index (χ1v) is 11.6. The highest BCUT2D eigenvalue weighted by Crippen LogP contribution is 2.34. The molecule has 0 saturated heterocycles. The van der Waals surface area contributed by atoms with Crippen molar-refractivity contribution in [3.8, 4) is 5.75 Å². The molecular weight excluding hydrogens is 441 g/mol. The van der Waals surface area contributed by atoms with Crippen molar-refractivity contribution in [3.05, 3.63) is 87.4 Å². The van der Waals surface area contributed by atoms with Gasteiger partial charge >= 0.3 is 0 Å². The normalized spacial score (nSPS) is 17.7. The van der Waals surface area contributed by atoms with Crippen LogP contribution in [0, 0.1) is 5.82 Å². The average molecular weight is 464 g/mol. The number of benzene rings is 2. The number of rotatable bonds is 5. The summed E-state index contributed by atoms with van der Waals surface area (Å²) < 4.78 is 19.4. The van der Waals surface area contributed by atoms with Crippen LogP contribution in [0.25, 0.3) is 0 Å². The third-order valence-corrected chi connectivity index (χ3v) is 6.90. The van der Waals surface area contributed by atoms with Gasteiger partial charge in [0.1, 0.15) is 11.6 Å². The van der Waals surface area contributed by atoms with Gasteiger partial charge in [-0.05, 0) is 47.7 Å². The van der Waals surface area contributed by atoms with Crippen molar-refractivity contribution in [1.82, 2.24) is 9.91 Å². The van der Waals surface area contributed by atoms with Gasteiger partial charge in [0.2, 0.25) is 0 Å². The Bertz CT molecular complexity index is 1220. The molecule has 0 aliphatic carbocycles. The Labute approximate surface area is 194 Å². The Morgan fingerprint density at radius 2 is 2.00 bits per heavy atom. The lowest BCUT2D eigenvalue weighted by Gasteiger charge is -2.26. The second-order valence-electron chi connectivity index (χ2n) is 8.08. The van der Waals surface area contributed by atoms with Crippen LogP contribution in [-0.4, -0.2) is 47.6 Å². The number of carbonyl (C=O) groups excluding carboxylic acids is 2. The summed E-state index contributed by atoms with van der Waals surface area (Å²) in [6.45, 7) is 0.396. The van der Waals surface area contributed by atoms with Gasteiger partial charge in [-0.3, -0.25) is 9.59 Å². The third-order valence-electron chi connectivity index (χ3n) is 5.98. The summed E-state index contributed by atoms with van der Waals surface area (Å²) in [5.41, 5.74) is 3.06. The van der Waals surface area contributed by atoms with Crippen LogP contribution in [0.2, 0.25) is 0 Å². The molecular formula is C25H22FN3O3S. The number of thiophene rings is 1. The number of halogens is 1. The number of ether oxygens (including phenoxy) is 1. The van der Waals surface area contributed by atoms with E-state index in [9.17, 15) is 14.0 Å². The number of hydrogen-bond acceptors (Lipinski definition) is 5. The Morgan fingerprint density at radius 1 is 1.18 bits per heavy atom.